The standard InChI is InChI=1S/C25H31N3O3/c1-16-13-23(31-4)20(18-10-11-26-24(16)18)15-28-12-6-5-7-21(28)19-9-8-17(25(29)30)14-22(19)27(2)3/h8-11,13-14,21,26H,5-7,12,15H2,1-4H3,(H,29,30). The van der Waals surface area contributed by atoms with Gasteiger partial charge >= 0.3 is 5.97 Å². The second kappa shape index (κ2) is 8.63. The first-order valence-electron chi connectivity index (χ1n) is 10.8. The molecule has 0 radical (unpaired) electrons. The lowest BCUT2D eigenvalue weighted by atomic mass is 9.91. The number of carboxylic acids is 1. The van der Waals surface area contributed by atoms with E-state index in [1.54, 1.807) is 19.2 Å². The Balaban J connectivity index is 1.75. The molecule has 1 aromatic heterocycles. The number of fused-ring (bicyclic) bond motifs is 1. The van der Waals surface area contributed by atoms with Crippen LogP contribution in [-0.4, -0.2) is 48.7 Å². The van der Waals surface area contributed by atoms with Gasteiger partial charge in [-0.15, -0.1) is 0 Å². The summed E-state index contributed by atoms with van der Waals surface area (Å²) in [6.45, 7) is 3.89. The summed E-state index contributed by atoms with van der Waals surface area (Å²) in [5.74, 6) is 0.0253. The van der Waals surface area contributed by atoms with Crippen molar-refractivity contribution < 1.29 is 14.6 Å². The quantitative estimate of drug-likeness (QED) is 0.588. The molecule has 3 aromatic rings. The Morgan fingerprint density at radius 1 is 1.26 bits per heavy atom. The first-order chi connectivity index (χ1) is 14.9. The number of aromatic nitrogens is 1. The number of nitrogens with one attached hydrogen (secondary N) is 1. The van der Waals surface area contributed by atoms with Gasteiger partial charge in [-0.25, -0.2) is 4.79 Å². The Bertz CT molecular complexity index is 1100. The van der Waals surface area contributed by atoms with Crippen LogP contribution in [0.4, 0.5) is 5.69 Å². The van der Waals surface area contributed by atoms with E-state index < -0.39 is 5.97 Å². The molecule has 0 aliphatic carbocycles. The van der Waals surface area contributed by atoms with E-state index in [-0.39, 0.29) is 6.04 Å². The largest absolute Gasteiger partial charge is 0.496 e. The van der Waals surface area contributed by atoms with Crippen LogP contribution in [-0.2, 0) is 6.54 Å². The van der Waals surface area contributed by atoms with Gasteiger partial charge in [-0.3, -0.25) is 4.90 Å². The topological polar surface area (TPSA) is 68.8 Å². The molecule has 2 aromatic carbocycles. The van der Waals surface area contributed by atoms with Gasteiger partial charge in [-0.1, -0.05) is 12.5 Å². The van der Waals surface area contributed by atoms with E-state index in [1.165, 1.54) is 28.5 Å². The Morgan fingerprint density at radius 2 is 2.06 bits per heavy atom. The number of aromatic amines is 1. The first kappa shape index (κ1) is 21.2. The number of benzene rings is 2. The van der Waals surface area contributed by atoms with E-state index in [0.717, 1.165) is 42.9 Å². The lowest BCUT2D eigenvalue weighted by Gasteiger charge is -2.38. The van der Waals surface area contributed by atoms with Gasteiger partial charge in [-0.05, 0) is 61.7 Å². The molecule has 0 amide bonds. The van der Waals surface area contributed by atoms with E-state index in [1.807, 2.05) is 31.3 Å². The maximum absolute atomic E-state index is 11.5. The smallest absolute Gasteiger partial charge is 0.335 e. The van der Waals surface area contributed by atoms with Crippen LogP contribution in [0.2, 0.25) is 0 Å². The Labute approximate surface area is 183 Å². The second-order valence-corrected chi connectivity index (χ2v) is 8.60. The van der Waals surface area contributed by atoms with Crippen LogP contribution in [0.5, 0.6) is 5.75 Å². The number of likely N-dealkylation sites (tertiary alicyclic amines) is 1. The summed E-state index contributed by atoms with van der Waals surface area (Å²) in [5.41, 5.74) is 6.01. The number of anilines is 1. The zero-order valence-electron chi connectivity index (χ0n) is 18.7. The highest BCUT2D eigenvalue weighted by Gasteiger charge is 2.28. The lowest BCUT2D eigenvalue weighted by molar-refractivity contribution is 0.0696. The van der Waals surface area contributed by atoms with Crippen molar-refractivity contribution in [2.75, 3.05) is 32.6 Å². The number of aromatic carboxylic acids is 1. The highest BCUT2D eigenvalue weighted by molar-refractivity contribution is 5.89. The molecule has 4 rings (SSSR count). The molecule has 0 saturated carbocycles. The van der Waals surface area contributed by atoms with Crippen LogP contribution in [0, 0.1) is 6.92 Å². The van der Waals surface area contributed by atoms with Crippen molar-refractivity contribution in [3.63, 3.8) is 0 Å². The van der Waals surface area contributed by atoms with Crippen LogP contribution in [0.1, 0.15) is 52.4 Å². The predicted octanol–water partition coefficient (Wildman–Crippen LogP) is 4.98. The van der Waals surface area contributed by atoms with Crippen molar-refractivity contribution >= 4 is 22.6 Å². The molecule has 164 valence electrons. The monoisotopic (exact) mass is 421 g/mol. The number of H-pyrrole nitrogens is 1. The summed E-state index contributed by atoms with van der Waals surface area (Å²) < 4.78 is 5.78. The molecule has 0 bridgehead atoms. The Kier molecular flexibility index (Phi) is 5.92. The molecule has 1 atom stereocenters. The minimum absolute atomic E-state index is 0.231. The number of rotatable bonds is 6. The van der Waals surface area contributed by atoms with E-state index in [9.17, 15) is 9.90 Å². The zero-order chi connectivity index (χ0) is 22.1. The van der Waals surface area contributed by atoms with Gasteiger partial charge in [-0.2, -0.15) is 0 Å². The van der Waals surface area contributed by atoms with Gasteiger partial charge in [0.15, 0.2) is 0 Å². The Morgan fingerprint density at radius 3 is 2.77 bits per heavy atom. The average Bonchev–Trinajstić information content (AvgIpc) is 3.26. The number of hydrogen-bond acceptors (Lipinski definition) is 4. The molecule has 0 spiro atoms. The third-order valence-electron chi connectivity index (χ3n) is 6.42. The number of aryl methyl sites for hydroxylation is 1. The van der Waals surface area contributed by atoms with Crippen LogP contribution in [0.15, 0.2) is 36.5 Å². The highest BCUT2D eigenvalue weighted by atomic mass is 16.5. The van der Waals surface area contributed by atoms with E-state index in [4.69, 9.17) is 4.74 Å². The number of carboxylic acid groups (broad SMARTS) is 1. The summed E-state index contributed by atoms with van der Waals surface area (Å²) in [5, 5.41) is 10.7. The zero-order valence-corrected chi connectivity index (χ0v) is 18.7. The van der Waals surface area contributed by atoms with Gasteiger partial charge in [0.1, 0.15) is 5.75 Å². The summed E-state index contributed by atoms with van der Waals surface area (Å²) >= 11 is 0. The Hall–Kier alpha value is -2.99. The fourth-order valence-electron chi connectivity index (χ4n) is 4.86. The van der Waals surface area contributed by atoms with E-state index >= 15 is 0 Å². The minimum Gasteiger partial charge on any atom is -0.496 e. The van der Waals surface area contributed by atoms with Crippen molar-refractivity contribution in [3.8, 4) is 5.75 Å². The van der Waals surface area contributed by atoms with Crippen molar-refractivity contribution in [1.82, 2.24) is 9.88 Å². The highest BCUT2D eigenvalue weighted by Crippen LogP contribution is 2.40. The number of nitrogens with zero attached hydrogens (tertiary/aromatic N) is 2. The van der Waals surface area contributed by atoms with Crippen molar-refractivity contribution in [2.24, 2.45) is 0 Å². The predicted molar refractivity (Wildman–Crippen MR) is 124 cm³/mol. The molecule has 1 unspecified atom stereocenters. The summed E-state index contributed by atoms with van der Waals surface area (Å²) in [6, 6.07) is 10.00. The molecule has 1 fully saturated rings. The molecular weight excluding hydrogens is 390 g/mol. The molecule has 1 saturated heterocycles. The van der Waals surface area contributed by atoms with Crippen molar-refractivity contribution in [2.45, 2.75) is 38.8 Å². The molecule has 2 heterocycles. The summed E-state index contributed by atoms with van der Waals surface area (Å²) in [6.07, 6.45) is 5.37. The number of ether oxygens (including phenoxy) is 1. The molecule has 6 heteroatoms. The maximum Gasteiger partial charge on any atom is 0.335 e. The molecule has 31 heavy (non-hydrogen) atoms. The van der Waals surface area contributed by atoms with Crippen LogP contribution < -0.4 is 9.64 Å². The number of piperidine rings is 1. The van der Waals surface area contributed by atoms with Gasteiger partial charge in [0, 0.05) is 55.0 Å². The SMILES string of the molecule is COc1cc(C)c2[nH]ccc2c1CN1CCCCC1c1ccc(C(=O)O)cc1N(C)C. The van der Waals surface area contributed by atoms with Gasteiger partial charge < -0.3 is 19.7 Å². The first-order valence-corrected chi connectivity index (χ1v) is 10.8. The number of hydrogen-bond donors (Lipinski definition) is 2. The van der Waals surface area contributed by atoms with Crippen molar-refractivity contribution in [3.05, 3.63) is 58.8 Å². The fourth-order valence-corrected chi connectivity index (χ4v) is 4.86. The molecule has 1 aliphatic rings. The third-order valence-corrected chi connectivity index (χ3v) is 6.42. The van der Waals surface area contributed by atoms with Gasteiger partial charge in [0.25, 0.3) is 0 Å². The van der Waals surface area contributed by atoms with E-state index in [0.29, 0.717) is 5.56 Å². The summed E-state index contributed by atoms with van der Waals surface area (Å²) in [4.78, 5) is 19.4. The van der Waals surface area contributed by atoms with E-state index in [2.05, 4.69) is 28.9 Å². The molecule has 1 aliphatic heterocycles. The maximum atomic E-state index is 11.5. The summed E-state index contributed by atoms with van der Waals surface area (Å²) in [7, 11) is 5.69. The number of methoxy groups -OCH3 is 1. The average molecular weight is 422 g/mol. The minimum atomic E-state index is -0.894. The third kappa shape index (κ3) is 4.00. The second-order valence-electron chi connectivity index (χ2n) is 8.60. The van der Waals surface area contributed by atoms with Gasteiger partial charge in [0.2, 0.25) is 0 Å². The van der Waals surface area contributed by atoms with Crippen LogP contribution in [0.25, 0.3) is 10.9 Å². The molecule has 2 N–H and O–H groups in total. The molecule has 6 nitrogen and oxygen atoms in total. The van der Waals surface area contributed by atoms with Crippen LogP contribution >= 0.6 is 0 Å². The lowest BCUT2D eigenvalue weighted by Crippen LogP contribution is -2.34. The number of carbonyl (C=O) groups is 1. The molecular formula is C25H31N3O3. The van der Waals surface area contributed by atoms with Crippen molar-refractivity contribution in [1.29, 1.82) is 0 Å². The normalized spacial score (nSPS) is 17.1. The van der Waals surface area contributed by atoms with Gasteiger partial charge in [0.05, 0.1) is 12.7 Å². The van der Waals surface area contributed by atoms with Crippen LogP contribution in [0.3, 0.4) is 0 Å². The fraction of sp³-hybridized carbons (Fsp3) is 0.400.